The highest BCUT2D eigenvalue weighted by Crippen LogP contribution is 2.15. The van der Waals surface area contributed by atoms with Gasteiger partial charge in [-0.15, -0.1) is 0 Å². The van der Waals surface area contributed by atoms with E-state index in [1.807, 2.05) is 20.8 Å². The molecule has 4 nitrogen and oxygen atoms in total. The summed E-state index contributed by atoms with van der Waals surface area (Å²) >= 11 is 0. The van der Waals surface area contributed by atoms with Gasteiger partial charge in [0.05, 0.1) is 6.04 Å². The van der Waals surface area contributed by atoms with Crippen LogP contribution in [0.1, 0.15) is 47.5 Å². The summed E-state index contributed by atoms with van der Waals surface area (Å²) in [5.74, 6) is 0.153. The minimum atomic E-state index is -0.0338. The highest BCUT2D eigenvalue weighted by molar-refractivity contribution is 5.81. The van der Waals surface area contributed by atoms with Crippen LogP contribution in [0.25, 0.3) is 0 Å². The number of amides is 1. The van der Waals surface area contributed by atoms with Gasteiger partial charge in [-0.25, -0.2) is 0 Å². The van der Waals surface area contributed by atoms with Crippen LogP contribution in [0.5, 0.6) is 0 Å². The molecule has 1 aliphatic rings. The minimum absolute atomic E-state index is 0.0338. The topological polar surface area (TPSA) is 44.4 Å². The van der Waals surface area contributed by atoms with Gasteiger partial charge in [0.1, 0.15) is 0 Å². The van der Waals surface area contributed by atoms with Crippen molar-refractivity contribution in [2.45, 2.75) is 71.6 Å². The molecule has 1 aliphatic heterocycles. The van der Waals surface area contributed by atoms with E-state index in [1.54, 1.807) is 0 Å². The Morgan fingerprint density at radius 2 is 2.00 bits per heavy atom. The monoisotopic (exact) mass is 255 g/mol. The Labute approximate surface area is 111 Å². The van der Waals surface area contributed by atoms with E-state index in [1.165, 1.54) is 0 Å². The van der Waals surface area contributed by atoms with Crippen molar-refractivity contribution in [2.24, 2.45) is 0 Å². The lowest BCUT2D eigenvalue weighted by molar-refractivity contribution is -0.128. The highest BCUT2D eigenvalue weighted by Gasteiger charge is 2.32. The van der Waals surface area contributed by atoms with Gasteiger partial charge in [-0.1, -0.05) is 13.8 Å². The van der Waals surface area contributed by atoms with E-state index in [4.69, 9.17) is 0 Å². The number of nitrogens with zero attached hydrogens (tertiary/aromatic N) is 1. The van der Waals surface area contributed by atoms with E-state index in [9.17, 15) is 4.79 Å². The molecule has 0 bridgehead atoms. The van der Waals surface area contributed by atoms with Crippen molar-refractivity contribution in [1.82, 2.24) is 15.5 Å². The maximum Gasteiger partial charge on any atom is 0.237 e. The van der Waals surface area contributed by atoms with Gasteiger partial charge in [0.15, 0.2) is 0 Å². The first-order valence-corrected chi connectivity index (χ1v) is 7.29. The maximum atomic E-state index is 12.1. The molecular formula is C14H29N3O. The molecule has 1 heterocycles. The van der Waals surface area contributed by atoms with Crippen LogP contribution in [0.2, 0.25) is 0 Å². The molecule has 0 aliphatic carbocycles. The van der Waals surface area contributed by atoms with Gasteiger partial charge >= 0.3 is 0 Å². The predicted octanol–water partition coefficient (Wildman–Crippen LogP) is 1.36. The molecule has 2 N–H and O–H groups in total. The maximum absolute atomic E-state index is 12.1. The van der Waals surface area contributed by atoms with Gasteiger partial charge in [-0.3, -0.25) is 9.69 Å². The Morgan fingerprint density at radius 3 is 2.50 bits per heavy atom. The van der Waals surface area contributed by atoms with Gasteiger partial charge in [0, 0.05) is 31.2 Å². The van der Waals surface area contributed by atoms with Crippen LogP contribution in [0.15, 0.2) is 0 Å². The second kappa shape index (κ2) is 7.10. The zero-order chi connectivity index (χ0) is 13.7. The van der Waals surface area contributed by atoms with E-state index in [0.717, 1.165) is 25.9 Å². The van der Waals surface area contributed by atoms with Crippen LogP contribution in [-0.4, -0.2) is 48.1 Å². The van der Waals surface area contributed by atoms with Crippen LogP contribution in [0.3, 0.4) is 0 Å². The van der Waals surface area contributed by atoms with E-state index < -0.39 is 0 Å². The fraction of sp³-hybridized carbons (Fsp3) is 0.929. The average Bonchev–Trinajstić information content (AvgIpc) is 2.36. The quantitative estimate of drug-likeness (QED) is 0.780. The number of nitrogens with one attached hydrogen (secondary N) is 2. The summed E-state index contributed by atoms with van der Waals surface area (Å²) in [6.07, 6.45) is 2.20. The molecule has 0 aromatic carbocycles. The largest absolute Gasteiger partial charge is 0.353 e. The fourth-order valence-corrected chi connectivity index (χ4v) is 2.57. The standard InChI is InChI=1S/C14H29N3O/c1-6-12-9-17(13(7-2)8-15-12)11(5)14(18)16-10(3)4/h10-13,15H,6-9H2,1-5H3,(H,16,18). The van der Waals surface area contributed by atoms with Crippen molar-refractivity contribution in [1.29, 1.82) is 0 Å². The molecule has 1 rings (SSSR count). The molecule has 0 aromatic rings. The van der Waals surface area contributed by atoms with E-state index in [0.29, 0.717) is 12.1 Å². The van der Waals surface area contributed by atoms with E-state index >= 15 is 0 Å². The van der Waals surface area contributed by atoms with Gasteiger partial charge in [0.2, 0.25) is 5.91 Å². The molecule has 0 spiro atoms. The third-order valence-electron chi connectivity index (χ3n) is 3.81. The molecule has 0 aromatic heterocycles. The first kappa shape index (κ1) is 15.4. The Morgan fingerprint density at radius 1 is 1.33 bits per heavy atom. The van der Waals surface area contributed by atoms with Gasteiger partial charge < -0.3 is 10.6 Å². The Bertz CT molecular complexity index is 268. The summed E-state index contributed by atoms with van der Waals surface area (Å²) in [5.41, 5.74) is 0. The van der Waals surface area contributed by atoms with Crippen molar-refractivity contribution >= 4 is 5.91 Å². The summed E-state index contributed by atoms with van der Waals surface area (Å²) in [7, 11) is 0. The summed E-state index contributed by atoms with van der Waals surface area (Å²) in [4.78, 5) is 14.5. The molecule has 1 saturated heterocycles. The van der Waals surface area contributed by atoms with E-state index in [-0.39, 0.29) is 18.0 Å². The van der Waals surface area contributed by atoms with Gasteiger partial charge in [-0.05, 0) is 33.6 Å². The first-order valence-electron chi connectivity index (χ1n) is 7.29. The van der Waals surface area contributed by atoms with Crippen molar-refractivity contribution in [3.8, 4) is 0 Å². The minimum Gasteiger partial charge on any atom is -0.353 e. The molecule has 18 heavy (non-hydrogen) atoms. The fourth-order valence-electron chi connectivity index (χ4n) is 2.57. The molecule has 3 unspecified atom stereocenters. The number of piperazine rings is 1. The zero-order valence-electron chi connectivity index (χ0n) is 12.5. The van der Waals surface area contributed by atoms with Crippen LogP contribution < -0.4 is 10.6 Å². The average molecular weight is 255 g/mol. The van der Waals surface area contributed by atoms with E-state index in [2.05, 4.69) is 29.4 Å². The predicted molar refractivity (Wildman–Crippen MR) is 75.6 cm³/mol. The molecular weight excluding hydrogens is 226 g/mol. The normalized spacial score (nSPS) is 27.2. The summed E-state index contributed by atoms with van der Waals surface area (Å²) in [6, 6.07) is 1.17. The lowest BCUT2D eigenvalue weighted by atomic mass is 10.0. The molecule has 0 radical (unpaired) electrons. The highest BCUT2D eigenvalue weighted by atomic mass is 16.2. The van der Waals surface area contributed by atoms with Crippen LogP contribution in [0.4, 0.5) is 0 Å². The van der Waals surface area contributed by atoms with Crippen molar-refractivity contribution < 1.29 is 4.79 Å². The summed E-state index contributed by atoms with van der Waals surface area (Å²) < 4.78 is 0. The second-order valence-corrected chi connectivity index (χ2v) is 5.61. The van der Waals surface area contributed by atoms with Crippen LogP contribution in [-0.2, 0) is 4.79 Å². The molecule has 106 valence electrons. The first-order chi connectivity index (χ1) is 8.49. The van der Waals surface area contributed by atoms with Crippen molar-refractivity contribution in [3.63, 3.8) is 0 Å². The van der Waals surface area contributed by atoms with Crippen molar-refractivity contribution in [2.75, 3.05) is 13.1 Å². The number of rotatable bonds is 5. The lowest BCUT2D eigenvalue weighted by Crippen LogP contribution is -2.61. The Kier molecular flexibility index (Phi) is 6.09. The van der Waals surface area contributed by atoms with Crippen LogP contribution >= 0.6 is 0 Å². The van der Waals surface area contributed by atoms with Crippen molar-refractivity contribution in [3.05, 3.63) is 0 Å². The molecule has 0 saturated carbocycles. The Hall–Kier alpha value is -0.610. The Balaban J connectivity index is 2.66. The smallest absolute Gasteiger partial charge is 0.237 e. The third-order valence-corrected chi connectivity index (χ3v) is 3.81. The number of hydrogen-bond donors (Lipinski definition) is 2. The summed E-state index contributed by atoms with van der Waals surface area (Å²) in [5, 5.41) is 6.58. The molecule has 1 fully saturated rings. The SMILES string of the molecule is CCC1CN(C(C)C(=O)NC(C)C)C(CC)CN1. The lowest BCUT2D eigenvalue weighted by Gasteiger charge is -2.42. The zero-order valence-corrected chi connectivity index (χ0v) is 12.5. The number of hydrogen-bond acceptors (Lipinski definition) is 3. The molecule has 3 atom stereocenters. The molecule has 4 heteroatoms. The van der Waals surface area contributed by atoms with Gasteiger partial charge in [0.25, 0.3) is 0 Å². The van der Waals surface area contributed by atoms with Crippen LogP contribution in [0, 0.1) is 0 Å². The number of carbonyl (C=O) groups excluding carboxylic acids is 1. The molecule has 1 amide bonds. The third kappa shape index (κ3) is 3.95. The number of carbonyl (C=O) groups is 1. The summed E-state index contributed by atoms with van der Waals surface area (Å²) in [6.45, 7) is 12.4. The van der Waals surface area contributed by atoms with Gasteiger partial charge in [-0.2, -0.15) is 0 Å². The second-order valence-electron chi connectivity index (χ2n) is 5.61.